The van der Waals surface area contributed by atoms with Crippen molar-refractivity contribution < 1.29 is 9.18 Å². The van der Waals surface area contributed by atoms with Crippen molar-refractivity contribution in [3.05, 3.63) is 64.6 Å². The van der Waals surface area contributed by atoms with E-state index in [0.717, 1.165) is 22.2 Å². The first kappa shape index (κ1) is 15.1. The fourth-order valence-corrected chi connectivity index (χ4v) is 2.44. The molecule has 0 spiro atoms. The van der Waals surface area contributed by atoms with Crippen molar-refractivity contribution in [3.8, 4) is 0 Å². The van der Waals surface area contributed by atoms with Gasteiger partial charge in [0.1, 0.15) is 11.6 Å². The maximum Gasteiger partial charge on any atom is 0.259 e. The largest absolute Gasteiger partial charge is 0.306 e. The smallest absolute Gasteiger partial charge is 0.259 e. The zero-order chi connectivity index (χ0) is 16.6. The van der Waals surface area contributed by atoms with E-state index in [2.05, 4.69) is 15.3 Å². The van der Waals surface area contributed by atoms with Crippen LogP contribution >= 0.6 is 0 Å². The average Bonchev–Trinajstić information content (AvgIpc) is 2.53. The number of benzene rings is 1. The van der Waals surface area contributed by atoms with E-state index >= 15 is 0 Å². The van der Waals surface area contributed by atoms with Crippen LogP contribution in [0.15, 0.2) is 36.4 Å². The molecule has 1 aromatic carbocycles. The molecule has 2 aromatic heterocycles. The van der Waals surface area contributed by atoms with E-state index in [1.807, 2.05) is 26.8 Å². The molecule has 2 heterocycles. The van der Waals surface area contributed by atoms with E-state index in [4.69, 9.17) is 0 Å². The predicted octanol–water partition coefficient (Wildman–Crippen LogP) is 3.95. The lowest BCUT2D eigenvalue weighted by Crippen LogP contribution is -2.14. The van der Waals surface area contributed by atoms with E-state index in [9.17, 15) is 9.18 Å². The first-order valence-corrected chi connectivity index (χ1v) is 7.28. The van der Waals surface area contributed by atoms with Gasteiger partial charge in [0.15, 0.2) is 5.65 Å². The van der Waals surface area contributed by atoms with Crippen LogP contribution < -0.4 is 5.32 Å². The molecule has 0 saturated heterocycles. The molecule has 4 nitrogen and oxygen atoms in total. The zero-order valence-electron chi connectivity index (χ0n) is 13.1. The maximum atomic E-state index is 13.7. The van der Waals surface area contributed by atoms with Crippen LogP contribution in [0.2, 0.25) is 0 Å². The van der Waals surface area contributed by atoms with Crippen LogP contribution in [-0.2, 0) is 0 Å². The van der Waals surface area contributed by atoms with E-state index in [1.54, 1.807) is 12.1 Å². The minimum absolute atomic E-state index is 0.0152. The lowest BCUT2D eigenvalue weighted by molar-refractivity contribution is 0.102. The minimum Gasteiger partial charge on any atom is -0.306 e. The summed E-state index contributed by atoms with van der Waals surface area (Å²) in [5.41, 5.74) is 3.70. The third-order valence-electron chi connectivity index (χ3n) is 4.02. The normalized spacial score (nSPS) is 10.8. The van der Waals surface area contributed by atoms with Gasteiger partial charge in [0.05, 0.1) is 5.56 Å². The number of aromatic nitrogens is 2. The summed E-state index contributed by atoms with van der Waals surface area (Å²) in [7, 11) is 0. The van der Waals surface area contributed by atoms with Gasteiger partial charge in [-0.15, -0.1) is 0 Å². The van der Waals surface area contributed by atoms with Crippen molar-refractivity contribution in [2.75, 3.05) is 5.32 Å². The molecule has 0 aliphatic carbocycles. The van der Waals surface area contributed by atoms with Crippen molar-refractivity contribution in [2.45, 2.75) is 20.8 Å². The van der Waals surface area contributed by atoms with Crippen molar-refractivity contribution in [1.82, 2.24) is 9.97 Å². The van der Waals surface area contributed by atoms with Crippen molar-refractivity contribution in [1.29, 1.82) is 0 Å². The second kappa shape index (κ2) is 5.76. The lowest BCUT2D eigenvalue weighted by Gasteiger charge is -2.10. The molecule has 0 saturated carbocycles. The second-order valence-electron chi connectivity index (χ2n) is 5.45. The molecule has 0 fully saturated rings. The van der Waals surface area contributed by atoms with Gasteiger partial charge in [-0.05, 0) is 56.2 Å². The summed E-state index contributed by atoms with van der Waals surface area (Å²) < 4.78 is 13.7. The molecule has 0 radical (unpaired) electrons. The van der Waals surface area contributed by atoms with Crippen LogP contribution in [0.4, 0.5) is 10.2 Å². The third kappa shape index (κ3) is 2.77. The fraction of sp³-hybridized carbons (Fsp3) is 0.167. The summed E-state index contributed by atoms with van der Waals surface area (Å²) in [5, 5.41) is 3.56. The van der Waals surface area contributed by atoms with E-state index in [1.165, 1.54) is 18.2 Å². The fourth-order valence-electron chi connectivity index (χ4n) is 2.44. The molecular weight excluding hydrogens is 293 g/mol. The number of pyridine rings is 2. The molecular formula is C18H16FN3O. The van der Waals surface area contributed by atoms with Gasteiger partial charge in [0.25, 0.3) is 5.91 Å². The highest BCUT2D eigenvalue weighted by Gasteiger charge is 2.13. The molecule has 0 atom stereocenters. The zero-order valence-corrected chi connectivity index (χ0v) is 13.1. The number of rotatable bonds is 2. The van der Waals surface area contributed by atoms with Crippen LogP contribution in [0.25, 0.3) is 11.0 Å². The first-order valence-electron chi connectivity index (χ1n) is 7.28. The van der Waals surface area contributed by atoms with Crippen LogP contribution in [0.3, 0.4) is 0 Å². The number of carbonyl (C=O) groups excluding carboxylic acids is 1. The molecule has 5 heteroatoms. The van der Waals surface area contributed by atoms with Crippen molar-refractivity contribution in [3.63, 3.8) is 0 Å². The number of nitrogens with one attached hydrogen (secondary N) is 1. The minimum atomic E-state index is -0.564. The Hall–Kier alpha value is -2.82. The van der Waals surface area contributed by atoms with E-state index in [0.29, 0.717) is 11.5 Å². The number of hydrogen-bond donors (Lipinski definition) is 1. The first-order chi connectivity index (χ1) is 11.0. The molecule has 1 amide bonds. The Balaban J connectivity index is 1.97. The Morgan fingerprint density at radius 1 is 1.00 bits per heavy atom. The number of anilines is 1. The highest BCUT2D eigenvalue weighted by molar-refractivity contribution is 6.04. The second-order valence-corrected chi connectivity index (χ2v) is 5.45. The van der Waals surface area contributed by atoms with Gasteiger partial charge in [0.2, 0.25) is 0 Å². The molecule has 23 heavy (non-hydrogen) atoms. The molecule has 0 bridgehead atoms. The van der Waals surface area contributed by atoms with Gasteiger partial charge in [-0.2, -0.15) is 0 Å². The van der Waals surface area contributed by atoms with Gasteiger partial charge in [0, 0.05) is 11.1 Å². The monoisotopic (exact) mass is 309 g/mol. The van der Waals surface area contributed by atoms with Crippen LogP contribution in [0.5, 0.6) is 0 Å². The molecule has 1 N–H and O–H groups in total. The van der Waals surface area contributed by atoms with Crippen molar-refractivity contribution >= 4 is 22.8 Å². The number of carbonyl (C=O) groups is 1. The molecule has 3 rings (SSSR count). The Morgan fingerprint density at radius 3 is 2.48 bits per heavy atom. The summed E-state index contributed by atoms with van der Waals surface area (Å²) in [6.07, 6.45) is 0. The number of amides is 1. The van der Waals surface area contributed by atoms with Crippen LogP contribution in [0.1, 0.15) is 27.2 Å². The number of halogens is 1. The van der Waals surface area contributed by atoms with Gasteiger partial charge >= 0.3 is 0 Å². The highest BCUT2D eigenvalue weighted by atomic mass is 19.1. The Morgan fingerprint density at radius 2 is 1.74 bits per heavy atom. The number of fused-ring (bicyclic) bond motifs is 1. The van der Waals surface area contributed by atoms with Crippen molar-refractivity contribution in [2.24, 2.45) is 0 Å². The Bertz CT molecular complexity index is 922. The quantitative estimate of drug-likeness (QED) is 0.780. The molecule has 0 aliphatic heterocycles. The lowest BCUT2D eigenvalue weighted by atomic mass is 10.1. The van der Waals surface area contributed by atoms with Gasteiger partial charge < -0.3 is 5.32 Å². The number of hydrogen-bond acceptors (Lipinski definition) is 3. The molecule has 0 unspecified atom stereocenters. The van der Waals surface area contributed by atoms with E-state index < -0.39 is 11.7 Å². The maximum absolute atomic E-state index is 13.7. The Kier molecular flexibility index (Phi) is 3.78. The standard InChI is InChI=1S/C18H16FN3O/c1-10-11(2)13-8-9-16(21-17(13)20-12(10)3)22-18(23)14-6-4-5-7-15(14)19/h4-9H,1-3H3,(H,20,21,22,23). The summed E-state index contributed by atoms with van der Waals surface area (Å²) in [6, 6.07) is 9.40. The summed E-state index contributed by atoms with van der Waals surface area (Å²) in [5.74, 6) is -0.748. The summed E-state index contributed by atoms with van der Waals surface area (Å²) in [6.45, 7) is 5.96. The summed E-state index contributed by atoms with van der Waals surface area (Å²) in [4.78, 5) is 21.0. The topological polar surface area (TPSA) is 54.9 Å². The number of aryl methyl sites for hydroxylation is 2. The highest BCUT2D eigenvalue weighted by Crippen LogP contribution is 2.22. The predicted molar refractivity (Wildman–Crippen MR) is 88.1 cm³/mol. The number of nitrogens with zero attached hydrogens (tertiary/aromatic N) is 2. The molecule has 116 valence electrons. The van der Waals surface area contributed by atoms with Gasteiger partial charge in [-0.3, -0.25) is 4.79 Å². The molecule has 0 aliphatic rings. The third-order valence-corrected chi connectivity index (χ3v) is 4.02. The van der Waals surface area contributed by atoms with E-state index in [-0.39, 0.29) is 5.56 Å². The SMILES string of the molecule is Cc1nc2nc(NC(=O)c3ccccc3F)ccc2c(C)c1C. The Labute approximate surface area is 133 Å². The molecule has 3 aromatic rings. The summed E-state index contributed by atoms with van der Waals surface area (Å²) >= 11 is 0. The van der Waals surface area contributed by atoms with Crippen LogP contribution in [-0.4, -0.2) is 15.9 Å². The van der Waals surface area contributed by atoms with Gasteiger partial charge in [-0.1, -0.05) is 12.1 Å². The van der Waals surface area contributed by atoms with Crippen LogP contribution in [0, 0.1) is 26.6 Å². The average molecular weight is 309 g/mol. The van der Waals surface area contributed by atoms with Gasteiger partial charge in [-0.25, -0.2) is 14.4 Å².